The number of benzene rings is 1. The summed E-state index contributed by atoms with van der Waals surface area (Å²) in [6.45, 7) is 5.76. The van der Waals surface area contributed by atoms with Crippen molar-refractivity contribution in [1.82, 2.24) is 35.0 Å². The number of nitrogens with zero attached hydrogens (tertiary/aromatic N) is 5. The van der Waals surface area contributed by atoms with Crippen LogP contribution in [0.2, 0.25) is 0 Å². The lowest BCUT2D eigenvalue weighted by Crippen LogP contribution is -2.25. The highest BCUT2D eigenvalue weighted by atomic mass is 19.1. The van der Waals surface area contributed by atoms with Gasteiger partial charge in [-0.2, -0.15) is 5.10 Å². The maximum absolute atomic E-state index is 14.2. The molecule has 0 unspecified atom stereocenters. The molecule has 1 aromatic carbocycles. The van der Waals surface area contributed by atoms with E-state index in [-0.39, 0.29) is 5.82 Å². The first-order valence-corrected chi connectivity index (χ1v) is 13.5. The number of aromatic nitrogens is 6. The third-order valence-electron chi connectivity index (χ3n) is 7.49. The Labute approximate surface area is 230 Å². The van der Waals surface area contributed by atoms with Crippen LogP contribution in [0.4, 0.5) is 4.39 Å². The molecule has 1 saturated heterocycles. The lowest BCUT2D eigenvalue weighted by molar-refractivity contribution is 0.237. The SMILES string of the molecule is Cc1cc(F)cc(-c2ccnc3[nH]c(-c4[nH]nc5ncc(-c6cncc(OCCN7CCCC7)c6)cc45)cc23)c1. The molecule has 1 aliphatic heterocycles. The summed E-state index contributed by atoms with van der Waals surface area (Å²) in [4.78, 5) is 19.4. The maximum atomic E-state index is 14.2. The predicted molar refractivity (Wildman–Crippen MR) is 154 cm³/mol. The first kappa shape index (κ1) is 24.4. The van der Waals surface area contributed by atoms with E-state index >= 15 is 0 Å². The van der Waals surface area contributed by atoms with Crippen LogP contribution in [0.3, 0.4) is 0 Å². The van der Waals surface area contributed by atoms with Gasteiger partial charge in [-0.1, -0.05) is 6.07 Å². The van der Waals surface area contributed by atoms with Gasteiger partial charge in [0.15, 0.2) is 5.65 Å². The van der Waals surface area contributed by atoms with Crippen molar-refractivity contribution in [2.24, 2.45) is 0 Å². The number of nitrogens with one attached hydrogen (secondary N) is 2. The van der Waals surface area contributed by atoms with Crippen LogP contribution in [0.5, 0.6) is 5.75 Å². The number of fused-ring (bicyclic) bond motifs is 2. The Morgan fingerprint density at radius 3 is 2.67 bits per heavy atom. The highest BCUT2D eigenvalue weighted by molar-refractivity contribution is 5.99. The molecule has 0 aliphatic carbocycles. The van der Waals surface area contributed by atoms with Gasteiger partial charge >= 0.3 is 0 Å². The molecule has 5 aromatic heterocycles. The van der Waals surface area contributed by atoms with E-state index in [1.54, 1.807) is 24.7 Å². The molecule has 2 N–H and O–H groups in total. The van der Waals surface area contributed by atoms with Gasteiger partial charge in [0, 0.05) is 47.0 Å². The third kappa shape index (κ3) is 4.69. The fourth-order valence-corrected chi connectivity index (χ4v) is 5.52. The van der Waals surface area contributed by atoms with E-state index in [9.17, 15) is 4.39 Å². The van der Waals surface area contributed by atoms with Crippen molar-refractivity contribution in [3.8, 4) is 39.4 Å². The zero-order valence-electron chi connectivity index (χ0n) is 22.1. The Bertz CT molecular complexity index is 1820. The molecular weight excluding hydrogens is 505 g/mol. The van der Waals surface area contributed by atoms with Crippen molar-refractivity contribution in [2.75, 3.05) is 26.2 Å². The van der Waals surface area contributed by atoms with Crippen LogP contribution >= 0.6 is 0 Å². The number of halogens is 1. The van der Waals surface area contributed by atoms with Gasteiger partial charge in [-0.05, 0) is 85.9 Å². The van der Waals surface area contributed by atoms with E-state index in [2.05, 4.69) is 41.1 Å². The summed E-state index contributed by atoms with van der Waals surface area (Å²) in [5.41, 5.74) is 7.36. The average molecular weight is 534 g/mol. The zero-order chi connectivity index (χ0) is 27.1. The second-order valence-electron chi connectivity index (χ2n) is 10.3. The van der Waals surface area contributed by atoms with Gasteiger partial charge in [0.2, 0.25) is 0 Å². The highest BCUT2D eigenvalue weighted by Crippen LogP contribution is 2.34. The Balaban J connectivity index is 1.21. The van der Waals surface area contributed by atoms with Crippen molar-refractivity contribution in [1.29, 1.82) is 0 Å². The molecule has 200 valence electrons. The average Bonchev–Trinajstić information content (AvgIpc) is 3.71. The number of aromatic amines is 2. The summed E-state index contributed by atoms with van der Waals surface area (Å²) in [6, 6.07) is 13.0. The summed E-state index contributed by atoms with van der Waals surface area (Å²) in [5.74, 6) is 0.482. The molecule has 0 radical (unpaired) electrons. The molecule has 7 rings (SSSR count). The van der Waals surface area contributed by atoms with Crippen molar-refractivity contribution in [3.05, 3.63) is 78.6 Å². The largest absolute Gasteiger partial charge is 0.491 e. The van der Waals surface area contributed by atoms with E-state index in [1.165, 1.54) is 18.9 Å². The fraction of sp³-hybridized carbons (Fsp3) is 0.226. The number of hydrogen-bond donors (Lipinski definition) is 2. The summed E-state index contributed by atoms with van der Waals surface area (Å²) < 4.78 is 20.2. The van der Waals surface area contributed by atoms with Gasteiger partial charge in [0.05, 0.1) is 17.6 Å². The highest BCUT2D eigenvalue weighted by Gasteiger charge is 2.16. The van der Waals surface area contributed by atoms with E-state index in [0.29, 0.717) is 17.9 Å². The van der Waals surface area contributed by atoms with Crippen molar-refractivity contribution < 1.29 is 9.13 Å². The minimum Gasteiger partial charge on any atom is -0.491 e. The van der Waals surface area contributed by atoms with Gasteiger partial charge in [-0.3, -0.25) is 15.0 Å². The van der Waals surface area contributed by atoms with Gasteiger partial charge < -0.3 is 9.72 Å². The Kier molecular flexibility index (Phi) is 6.20. The van der Waals surface area contributed by atoms with Crippen LogP contribution in [0.1, 0.15) is 18.4 Å². The quantitative estimate of drug-likeness (QED) is 0.256. The zero-order valence-corrected chi connectivity index (χ0v) is 22.1. The number of ether oxygens (including phenoxy) is 1. The Hall–Kier alpha value is -4.63. The van der Waals surface area contributed by atoms with Crippen LogP contribution in [-0.2, 0) is 0 Å². The summed E-state index contributed by atoms with van der Waals surface area (Å²) in [7, 11) is 0. The number of aryl methyl sites for hydroxylation is 1. The van der Waals surface area contributed by atoms with Gasteiger partial charge in [-0.15, -0.1) is 0 Å². The second kappa shape index (κ2) is 10.2. The topological polar surface area (TPSA) is 95.6 Å². The first-order chi connectivity index (χ1) is 19.6. The molecule has 6 heterocycles. The molecule has 40 heavy (non-hydrogen) atoms. The summed E-state index contributed by atoms with van der Waals surface area (Å²) in [6.07, 6.45) is 9.63. The second-order valence-corrected chi connectivity index (χ2v) is 10.3. The predicted octanol–water partition coefficient (Wildman–Crippen LogP) is 6.15. The van der Waals surface area contributed by atoms with Crippen molar-refractivity contribution >= 4 is 22.1 Å². The van der Waals surface area contributed by atoms with Crippen LogP contribution in [0.15, 0.2) is 67.3 Å². The van der Waals surface area contributed by atoms with Crippen molar-refractivity contribution in [2.45, 2.75) is 19.8 Å². The van der Waals surface area contributed by atoms with E-state index in [4.69, 9.17) is 4.74 Å². The lowest BCUT2D eigenvalue weighted by Gasteiger charge is -2.15. The summed E-state index contributed by atoms with van der Waals surface area (Å²) >= 11 is 0. The molecule has 0 saturated carbocycles. The number of hydrogen-bond acceptors (Lipinski definition) is 6. The smallest absolute Gasteiger partial charge is 0.181 e. The molecule has 0 atom stereocenters. The molecule has 1 fully saturated rings. The number of H-pyrrole nitrogens is 2. The van der Waals surface area contributed by atoms with Gasteiger partial charge in [0.1, 0.15) is 23.8 Å². The standard InChI is InChI=1S/C31H28FN7O/c1-19-10-20(12-23(32)11-19)25-4-5-34-30-26(25)15-28(36-30)29-27-14-22(17-35-31(27)38-37-29)21-13-24(18-33-16-21)40-9-8-39-6-2-3-7-39/h4-5,10-18H,2-3,6-9H2,1H3,(H,34,36)(H,35,37,38). The fourth-order valence-electron chi connectivity index (χ4n) is 5.52. The maximum Gasteiger partial charge on any atom is 0.181 e. The van der Waals surface area contributed by atoms with Crippen LogP contribution in [0.25, 0.3) is 55.7 Å². The number of rotatable bonds is 7. The third-order valence-corrected chi connectivity index (χ3v) is 7.49. The van der Waals surface area contributed by atoms with E-state index < -0.39 is 0 Å². The van der Waals surface area contributed by atoms with Crippen LogP contribution in [0, 0.1) is 12.7 Å². The van der Waals surface area contributed by atoms with Gasteiger partial charge in [0.25, 0.3) is 0 Å². The normalized spacial score (nSPS) is 13.9. The minimum absolute atomic E-state index is 0.260. The van der Waals surface area contributed by atoms with E-state index in [1.807, 2.05) is 37.4 Å². The summed E-state index contributed by atoms with van der Waals surface area (Å²) in [5, 5.41) is 9.33. The van der Waals surface area contributed by atoms with E-state index in [0.717, 1.165) is 75.4 Å². The van der Waals surface area contributed by atoms with Crippen molar-refractivity contribution in [3.63, 3.8) is 0 Å². The molecule has 9 heteroatoms. The Morgan fingerprint density at radius 1 is 0.925 bits per heavy atom. The lowest BCUT2D eigenvalue weighted by atomic mass is 10.0. The molecule has 8 nitrogen and oxygen atoms in total. The molecule has 0 bridgehead atoms. The molecule has 1 aliphatic rings. The van der Waals surface area contributed by atoms with Crippen LogP contribution < -0.4 is 4.74 Å². The Morgan fingerprint density at radius 2 is 1.80 bits per heavy atom. The molecule has 0 spiro atoms. The number of likely N-dealkylation sites (tertiary alicyclic amines) is 1. The monoisotopic (exact) mass is 533 g/mol. The molecule has 6 aromatic rings. The van der Waals surface area contributed by atoms with Gasteiger partial charge in [-0.25, -0.2) is 14.4 Å². The van der Waals surface area contributed by atoms with Crippen LogP contribution in [-0.4, -0.2) is 61.3 Å². The number of pyridine rings is 3. The first-order valence-electron chi connectivity index (χ1n) is 13.5. The molecular formula is C31H28FN7O. The molecule has 0 amide bonds. The minimum atomic E-state index is -0.260.